The first kappa shape index (κ1) is 32.1. The summed E-state index contributed by atoms with van der Waals surface area (Å²) in [6, 6.07) is 15.7. The van der Waals surface area contributed by atoms with Crippen molar-refractivity contribution >= 4 is 40.0 Å². The normalized spacial score (nSPS) is 14.2. The number of hydrogen-bond acceptors (Lipinski definition) is 7. The van der Waals surface area contributed by atoms with E-state index in [1.54, 1.807) is 41.4 Å². The molecule has 3 N–H and O–H groups in total. The Labute approximate surface area is 262 Å². The van der Waals surface area contributed by atoms with E-state index < -0.39 is 5.82 Å². The van der Waals surface area contributed by atoms with E-state index in [0.717, 1.165) is 25.9 Å². The van der Waals surface area contributed by atoms with Crippen LogP contribution >= 0.6 is 0 Å². The molecule has 1 fully saturated rings. The number of nitrogens with one attached hydrogen (secondary N) is 2. The molecular weight excluding hydrogens is 575 g/mol. The van der Waals surface area contributed by atoms with E-state index in [1.807, 2.05) is 38.1 Å². The van der Waals surface area contributed by atoms with Gasteiger partial charge in [0.2, 0.25) is 0 Å². The zero-order valence-electron chi connectivity index (χ0n) is 26.0. The highest BCUT2D eigenvalue weighted by Crippen LogP contribution is 2.34. The molecule has 2 aromatic heterocycles. The number of β-amino-alcohol motifs (C(OH)–C–C–N with tert-alkyl or cyclic N) is 1. The fraction of sp³-hybridized carbons (Fsp3) is 0.382. The Morgan fingerprint density at radius 2 is 1.87 bits per heavy atom. The second-order valence-corrected chi connectivity index (χ2v) is 11.5. The highest BCUT2D eigenvalue weighted by Gasteiger charge is 2.22. The number of aliphatic hydroxyl groups is 1. The molecule has 1 aliphatic heterocycles. The van der Waals surface area contributed by atoms with Crippen LogP contribution < -0.4 is 15.5 Å². The van der Waals surface area contributed by atoms with Crippen LogP contribution in [0.15, 0.2) is 67.0 Å². The number of anilines is 3. The molecule has 11 heteroatoms. The standard InChI is InChI=1S/C34H41FN6O4/c1-23(2)45-21-19-40(30-9-8-29-28(32(30)35)13-17-41(29)34(44)36-3)27-10-14-37-31(22-27)38-33(43)26-6-4-24(5-7-26)25-11-15-39(16-12-25)18-20-42/h4-10,13-14,17,22-23,25,42H,11-12,15-16,18-21H2,1-3H3,(H,36,44)(H,37,38,43). The van der Waals surface area contributed by atoms with Crippen molar-refractivity contribution in [3.63, 3.8) is 0 Å². The Hall–Kier alpha value is -4.32. The van der Waals surface area contributed by atoms with Gasteiger partial charge in [0.1, 0.15) is 5.82 Å². The summed E-state index contributed by atoms with van der Waals surface area (Å²) in [7, 11) is 1.52. The average Bonchev–Trinajstić information content (AvgIpc) is 3.49. The van der Waals surface area contributed by atoms with E-state index in [4.69, 9.17) is 4.74 Å². The molecule has 45 heavy (non-hydrogen) atoms. The molecular formula is C34H41FN6O4. The van der Waals surface area contributed by atoms with Crippen LogP contribution in [0, 0.1) is 5.82 Å². The van der Waals surface area contributed by atoms with E-state index in [2.05, 4.69) is 20.5 Å². The molecule has 5 rings (SSSR count). The van der Waals surface area contributed by atoms with Gasteiger partial charge in [-0.3, -0.25) is 9.36 Å². The minimum atomic E-state index is -0.471. The van der Waals surface area contributed by atoms with E-state index in [9.17, 15) is 14.7 Å². The third kappa shape index (κ3) is 7.50. The number of aliphatic hydroxyl groups excluding tert-OH is 1. The lowest BCUT2D eigenvalue weighted by atomic mass is 9.89. The fourth-order valence-corrected chi connectivity index (χ4v) is 5.83. The molecule has 0 radical (unpaired) electrons. The minimum Gasteiger partial charge on any atom is -0.395 e. The lowest BCUT2D eigenvalue weighted by molar-refractivity contribution is 0.0850. The van der Waals surface area contributed by atoms with Crippen LogP contribution in [0.1, 0.15) is 48.5 Å². The summed E-state index contributed by atoms with van der Waals surface area (Å²) in [5, 5.41) is 14.9. The quantitative estimate of drug-likeness (QED) is 0.208. The van der Waals surface area contributed by atoms with Crippen molar-refractivity contribution in [3.8, 4) is 0 Å². The third-order valence-electron chi connectivity index (χ3n) is 8.22. The number of rotatable bonds is 11. The molecule has 0 unspecified atom stereocenters. The van der Waals surface area contributed by atoms with E-state index >= 15 is 4.39 Å². The number of fused-ring (bicyclic) bond motifs is 1. The maximum atomic E-state index is 16.0. The Bertz CT molecular complexity index is 1610. The lowest BCUT2D eigenvalue weighted by Gasteiger charge is -2.31. The number of carbonyl (C=O) groups excluding carboxylic acids is 2. The van der Waals surface area contributed by atoms with Gasteiger partial charge in [0.05, 0.1) is 30.5 Å². The molecule has 0 bridgehead atoms. The van der Waals surface area contributed by atoms with Crippen LogP contribution in [0.3, 0.4) is 0 Å². The lowest BCUT2D eigenvalue weighted by Crippen LogP contribution is -2.34. The van der Waals surface area contributed by atoms with Gasteiger partial charge in [0, 0.05) is 55.2 Å². The largest absolute Gasteiger partial charge is 0.395 e. The second-order valence-electron chi connectivity index (χ2n) is 11.5. The second kappa shape index (κ2) is 14.6. The van der Waals surface area contributed by atoms with Crippen LogP contribution in [0.4, 0.5) is 26.4 Å². The van der Waals surface area contributed by atoms with Crippen LogP contribution in [0.2, 0.25) is 0 Å². The summed E-state index contributed by atoms with van der Waals surface area (Å²) >= 11 is 0. The van der Waals surface area contributed by atoms with Crippen molar-refractivity contribution in [2.24, 2.45) is 0 Å². The maximum absolute atomic E-state index is 16.0. The van der Waals surface area contributed by atoms with Crippen LogP contribution in [-0.4, -0.2) is 84.0 Å². The number of halogens is 1. The predicted octanol–water partition coefficient (Wildman–Crippen LogP) is 5.35. The van der Waals surface area contributed by atoms with Crippen LogP contribution in [0.5, 0.6) is 0 Å². The Morgan fingerprint density at radius 3 is 2.56 bits per heavy atom. The van der Waals surface area contributed by atoms with Gasteiger partial charge >= 0.3 is 6.03 Å². The van der Waals surface area contributed by atoms with Crippen molar-refractivity contribution in [1.29, 1.82) is 0 Å². The molecule has 2 amide bonds. The van der Waals surface area contributed by atoms with Crippen LogP contribution in [-0.2, 0) is 4.74 Å². The number of nitrogens with zero attached hydrogens (tertiary/aromatic N) is 4. The van der Waals surface area contributed by atoms with Gasteiger partial charge in [-0.25, -0.2) is 14.2 Å². The van der Waals surface area contributed by atoms with Gasteiger partial charge < -0.3 is 30.3 Å². The van der Waals surface area contributed by atoms with Crippen molar-refractivity contribution in [3.05, 3.63) is 83.9 Å². The van der Waals surface area contributed by atoms with E-state index in [1.165, 1.54) is 23.4 Å². The number of carbonyl (C=O) groups is 2. The molecule has 4 aromatic rings. The Kier molecular flexibility index (Phi) is 10.4. The van der Waals surface area contributed by atoms with Crippen molar-refractivity contribution < 1.29 is 23.8 Å². The fourth-order valence-electron chi connectivity index (χ4n) is 5.83. The van der Waals surface area contributed by atoms with E-state index in [-0.39, 0.29) is 24.6 Å². The summed E-state index contributed by atoms with van der Waals surface area (Å²) in [5.74, 6) is 0.00552. The molecule has 0 aliphatic carbocycles. The number of amides is 2. The van der Waals surface area contributed by atoms with Crippen molar-refractivity contribution in [1.82, 2.24) is 19.8 Å². The third-order valence-corrected chi connectivity index (χ3v) is 8.22. The van der Waals surface area contributed by atoms with Gasteiger partial charge in [0.15, 0.2) is 5.82 Å². The van der Waals surface area contributed by atoms with Gasteiger partial charge in [-0.1, -0.05) is 12.1 Å². The van der Waals surface area contributed by atoms with E-state index in [0.29, 0.717) is 59.3 Å². The maximum Gasteiger partial charge on any atom is 0.325 e. The minimum absolute atomic E-state index is 0.00138. The van der Waals surface area contributed by atoms with Crippen LogP contribution in [0.25, 0.3) is 10.9 Å². The van der Waals surface area contributed by atoms with Gasteiger partial charge in [-0.15, -0.1) is 0 Å². The topological polar surface area (TPSA) is 112 Å². The zero-order chi connectivity index (χ0) is 31.9. The molecule has 10 nitrogen and oxygen atoms in total. The smallest absolute Gasteiger partial charge is 0.325 e. The first-order valence-corrected chi connectivity index (χ1v) is 15.4. The monoisotopic (exact) mass is 616 g/mol. The number of aromatic nitrogens is 2. The average molecular weight is 617 g/mol. The highest BCUT2D eigenvalue weighted by atomic mass is 19.1. The van der Waals surface area contributed by atoms with Crippen molar-refractivity contribution in [2.45, 2.75) is 38.7 Å². The first-order valence-electron chi connectivity index (χ1n) is 15.4. The Balaban J connectivity index is 1.34. The summed E-state index contributed by atoms with van der Waals surface area (Å²) < 4.78 is 23.2. The van der Waals surface area contributed by atoms with Gasteiger partial charge in [-0.2, -0.15) is 0 Å². The number of benzene rings is 2. The summed E-state index contributed by atoms with van der Waals surface area (Å²) in [6.07, 6.45) is 5.16. The summed E-state index contributed by atoms with van der Waals surface area (Å²) in [4.78, 5) is 33.8. The first-order chi connectivity index (χ1) is 21.8. The molecule has 238 valence electrons. The number of piperidine rings is 1. The summed E-state index contributed by atoms with van der Waals surface area (Å²) in [6.45, 7) is 7.35. The zero-order valence-corrected chi connectivity index (χ0v) is 26.0. The molecule has 0 spiro atoms. The molecule has 2 aromatic carbocycles. The highest BCUT2D eigenvalue weighted by molar-refractivity contribution is 6.04. The number of hydrogen-bond donors (Lipinski definition) is 3. The van der Waals surface area contributed by atoms with Gasteiger partial charge in [-0.05, 0) is 87.7 Å². The molecule has 1 saturated heterocycles. The SMILES string of the molecule is CNC(=O)n1ccc2c(F)c(N(CCOC(C)C)c3ccnc(NC(=O)c4ccc(C5CCN(CCO)CC5)cc4)c3)ccc21. The number of likely N-dealkylation sites (tertiary alicyclic amines) is 1. The molecule has 3 heterocycles. The predicted molar refractivity (Wildman–Crippen MR) is 174 cm³/mol. The molecule has 0 atom stereocenters. The van der Waals surface area contributed by atoms with Gasteiger partial charge in [0.25, 0.3) is 5.91 Å². The summed E-state index contributed by atoms with van der Waals surface area (Å²) in [5.41, 5.74) is 3.11. The number of ether oxygens (including phenoxy) is 1. The van der Waals surface area contributed by atoms with Crippen molar-refractivity contribution in [2.75, 3.05) is 56.7 Å². The Morgan fingerprint density at radius 1 is 1.11 bits per heavy atom. The number of pyridine rings is 1. The molecule has 0 saturated carbocycles. The molecule has 1 aliphatic rings.